The van der Waals surface area contributed by atoms with Gasteiger partial charge in [0.1, 0.15) is 11.9 Å². The van der Waals surface area contributed by atoms with Crippen molar-refractivity contribution in [3.8, 4) is 0 Å². The number of benzene rings is 3. The third-order valence-electron chi connectivity index (χ3n) is 9.91. The largest absolute Gasteiger partial charge is 0.378 e. The minimum Gasteiger partial charge on any atom is -0.378 e. The number of rotatable bonds is 11. The van der Waals surface area contributed by atoms with Crippen molar-refractivity contribution in [3.63, 3.8) is 0 Å². The molecule has 2 N–H and O–H groups in total. The normalized spacial score (nSPS) is 15.4. The van der Waals surface area contributed by atoms with Crippen molar-refractivity contribution in [2.75, 3.05) is 38.9 Å². The van der Waals surface area contributed by atoms with Crippen LogP contribution in [0.2, 0.25) is 0 Å². The van der Waals surface area contributed by atoms with Crippen LogP contribution in [0, 0.1) is 19.8 Å². The molecule has 2 aliphatic heterocycles. The van der Waals surface area contributed by atoms with Gasteiger partial charge < -0.3 is 15.5 Å². The molecule has 0 radical (unpaired) electrons. The minimum atomic E-state index is -0.503. The number of amides is 3. The standard InChI is InChI=1S/C43H45N9O3/c1-26(2)18-36-41(54)51(24-30-10-8-7-9-11-30)38-19-31(14-17-35(38)29(5)47-36)39(53)23-45-33-15-12-27(3)37(20-33)52-25-32-21-46-42(49-40(32)50(6)43(52)55)48-34-16-13-28(4)44-22-34/h7-17,19-22,26,36,45H,18,23-25H2,1-6H3,(H,46,48,49)/t36-/m0/s1. The monoisotopic (exact) mass is 735 g/mol. The van der Waals surface area contributed by atoms with E-state index in [0.717, 1.165) is 39.3 Å². The molecular weight excluding hydrogens is 691 g/mol. The van der Waals surface area contributed by atoms with E-state index in [-0.39, 0.29) is 36.7 Å². The third kappa shape index (κ3) is 7.94. The van der Waals surface area contributed by atoms with Crippen LogP contribution in [0.25, 0.3) is 0 Å². The van der Waals surface area contributed by atoms with Crippen molar-refractivity contribution in [3.05, 3.63) is 125 Å². The summed E-state index contributed by atoms with van der Waals surface area (Å²) in [7, 11) is 1.70. The predicted octanol–water partition coefficient (Wildman–Crippen LogP) is 7.87. The van der Waals surface area contributed by atoms with Gasteiger partial charge in [-0.2, -0.15) is 4.98 Å². The summed E-state index contributed by atoms with van der Waals surface area (Å²) in [5.41, 5.74) is 8.50. The number of aryl methyl sites for hydroxylation is 2. The van der Waals surface area contributed by atoms with Crippen LogP contribution in [0.5, 0.6) is 0 Å². The number of ketones is 1. The van der Waals surface area contributed by atoms with Gasteiger partial charge in [0.2, 0.25) is 5.95 Å². The molecule has 0 spiro atoms. The van der Waals surface area contributed by atoms with Gasteiger partial charge in [-0.25, -0.2) is 9.78 Å². The molecule has 12 nitrogen and oxygen atoms in total. The van der Waals surface area contributed by atoms with Gasteiger partial charge in [-0.3, -0.25) is 29.4 Å². The Bertz CT molecular complexity index is 2290. The van der Waals surface area contributed by atoms with E-state index < -0.39 is 6.04 Å². The van der Waals surface area contributed by atoms with Crippen molar-refractivity contribution in [2.45, 2.75) is 60.2 Å². The Labute approximate surface area is 321 Å². The average molecular weight is 736 g/mol. The molecule has 280 valence electrons. The van der Waals surface area contributed by atoms with Gasteiger partial charge in [0.15, 0.2) is 5.78 Å². The first-order chi connectivity index (χ1) is 26.4. The molecule has 0 saturated heterocycles. The molecule has 0 saturated carbocycles. The third-order valence-corrected chi connectivity index (χ3v) is 9.91. The number of urea groups is 1. The van der Waals surface area contributed by atoms with E-state index in [2.05, 4.69) is 39.4 Å². The van der Waals surface area contributed by atoms with Crippen LogP contribution in [0.15, 0.2) is 96.2 Å². The minimum absolute atomic E-state index is 0.00771. The molecule has 1 atom stereocenters. The first kappa shape index (κ1) is 36.9. The van der Waals surface area contributed by atoms with Crippen molar-refractivity contribution >= 4 is 57.9 Å². The number of fused-ring (bicyclic) bond motifs is 2. The van der Waals surface area contributed by atoms with E-state index in [0.29, 0.717) is 47.4 Å². The van der Waals surface area contributed by atoms with Gasteiger partial charge in [0.25, 0.3) is 5.91 Å². The summed E-state index contributed by atoms with van der Waals surface area (Å²) in [6.45, 7) is 10.6. The van der Waals surface area contributed by atoms with Crippen molar-refractivity contribution in [2.24, 2.45) is 10.9 Å². The van der Waals surface area contributed by atoms with Crippen LogP contribution in [-0.4, -0.2) is 58.0 Å². The summed E-state index contributed by atoms with van der Waals surface area (Å²) in [6, 6.07) is 24.1. The van der Waals surface area contributed by atoms with Crippen LogP contribution in [0.1, 0.15) is 65.5 Å². The topological polar surface area (TPSA) is 136 Å². The van der Waals surface area contributed by atoms with Gasteiger partial charge >= 0.3 is 6.03 Å². The number of carbonyl (C=O) groups is 3. The molecule has 0 bridgehead atoms. The van der Waals surface area contributed by atoms with E-state index >= 15 is 0 Å². The second kappa shape index (κ2) is 15.5. The number of pyridine rings is 1. The molecule has 12 heteroatoms. The second-order valence-corrected chi connectivity index (χ2v) is 14.6. The number of anilines is 6. The van der Waals surface area contributed by atoms with Crippen LogP contribution < -0.4 is 25.3 Å². The maximum atomic E-state index is 14.1. The number of hydrogen-bond donors (Lipinski definition) is 2. The van der Waals surface area contributed by atoms with E-state index in [1.165, 1.54) is 4.90 Å². The second-order valence-electron chi connectivity index (χ2n) is 14.6. The first-order valence-electron chi connectivity index (χ1n) is 18.5. The molecule has 3 aromatic carbocycles. The van der Waals surface area contributed by atoms with E-state index in [1.807, 2.05) is 93.6 Å². The molecule has 4 heterocycles. The van der Waals surface area contributed by atoms with Gasteiger partial charge in [-0.1, -0.05) is 62.4 Å². The van der Waals surface area contributed by atoms with Crippen LogP contribution in [-0.2, 0) is 17.9 Å². The van der Waals surface area contributed by atoms with Crippen molar-refractivity contribution < 1.29 is 14.4 Å². The number of nitrogens with zero attached hydrogens (tertiary/aromatic N) is 7. The number of carbonyl (C=O) groups excluding carboxylic acids is 3. The van der Waals surface area contributed by atoms with Crippen molar-refractivity contribution in [1.29, 1.82) is 0 Å². The summed E-state index contributed by atoms with van der Waals surface area (Å²) in [4.78, 5) is 64.9. The summed E-state index contributed by atoms with van der Waals surface area (Å²) in [6.07, 6.45) is 4.07. The smallest absolute Gasteiger partial charge is 0.330 e. The number of hydrogen-bond acceptors (Lipinski definition) is 9. The maximum Gasteiger partial charge on any atom is 0.330 e. The molecule has 55 heavy (non-hydrogen) atoms. The van der Waals surface area contributed by atoms with Gasteiger partial charge in [0.05, 0.1) is 42.9 Å². The van der Waals surface area contributed by atoms with Gasteiger partial charge in [-0.15, -0.1) is 0 Å². The number of nitrogens with one attached hydrogen (secondary N) is 2. The van der Waals surface area contributed by atoms with Crippen LogP contribution >= 0.6 is 0 Å². The molecule has 2 aromatic heterocycles. The lowest BCUT2D eigenvalue weighted by Crippen LogP contribution is -2.46. The lowest BCUT2D eigenvalue weighted by molar-refractivity contribution is -0.120. The first-order valence-corrected chi connectivity index (χ1v) is 18.5. The van der Waals surface area contributed by atoms with Crippen molar-refractivity contribution in [1.82, 2.24) is 15.0 Å². The summed E-state index contributed by atoms with van der Waals surface area (Å²) in [5.74, 6) is 0.967. The molecule has 0 fully saturated rings. The number of benzodiazepines with no additional fused rings is 1. The molecular formula is C43H45N9O3. The highest BCUT2D eigenvalue weighted by Crippen LogP contribution is 2.34. The fourth-order valence-corrected chi connectivity index (χ4v) is 6.94. The fraction of sp³-hybridized carbons (Fsp3) is 0.279. The quantitative estimate of drug-likeness (QED) is 0.131. The zero-order valence-corrected chi connectivity index (χ0v) is 32.0. The molecule has 0 unspecified atom stereocenters. The lowest BCUT2D eigenvalue weighted by atomic mass is 10.0. The van der Waals surface area contributed by atoms with E-state index in [4.69, 9.17) is 4.99 Å². The van der Waals surface area contributed by atoms with E-state index in [1.54, 1.807) is 35.3 Å². The number of Topliss-reactive ketones (excluding diaryl/α,β-unsaturated/α-hetero) is 1. The Morgan fingerprint density at radius 3 is 2.42 bits per heavy atom. The predicted molar refractivity (Wildman–Crippen MR) is 218 cm³/mol. The molecule has 5 aromatic rings. The summed E-state index contributed by atoms with van der Waals surface area (Å²) in [5, 5.41) is 6.43. The van der Waals surface area contributed by atoms with Gasteiger partial charge in [-0.05, 0) is 74.6 Å². The Kier molecular flexibility index (Phi) is 10.4. The molecule has 3 amide bonds. The molecule has 2 aliphatic rings. The Balaban J connectivity index is 1.09. The summed E-state index contributed by atoms with van der Waals surface area (Å²) < 4.78 is 0. The zero-order chi connectivity index (χ0) is 38.8. The summed E-state index contributed by atoms with van der Waals surface area (Å²) >= 11 is 0. The van der Waals surface area contributed by atoms with Crippen LogP contribution in [0.3, 0.4) is 0 Å². The maximum absolute atomic E-state index is 14.1. The Hall–Kier alpha value is -6.43. The Morgan fingerprint density at radius 1 is 0.891 bits per heavy atom. The molecule has 7 rings (SSSR count). The van der Waals surface area contributed by atoms with Crippen LogP contribution in [0.4, 0.5) is 39.3 Å². The Morgan fingerprint density at radius 2 is 1.67 bits per heavy atom. The number of aromatic nitrogens is 3. The lowest BCUT2D eigenvalue weighted by Gasteiger charge is -2.35. The fourth-order valence-electron chi connectivity index (χ4n) is 6.94. The highest BCUT2D eigenvalue weighted by molar-refractivity contribution is 6.13. The van der Waals surface area contributed by atoms with E-state index in [9.17, 15) is 14.4 Å². The highest BCUT2D eigenvalue weighted by Gasteiger charge is 2.33. The van der Waals surface area contributed by atoms with Gasteiger partial charge in [0, 0.05) is 47.0 Å². The number of aliphatic imine (C=N–C) groups is 1. The molecule has 0 aliphatic carbocycles. The average Bonchev–Trinajstić information content (AvgIpc) is 3.27. The highest BCUT2D eigenvalue weighted by atomic mass is 16.2. The zero-order valence-electron chi connectivity index (χ0n) is 32.0. The SMILES string of the molecule is CC1=N[C@@H](CC(C)C)C(=O)N(Cc2ccccc2)c2cc(C(=O)CNc3ccc(C)c(N4Cc5cnc(Nc6ccc(C)nc6)nc5N(C)C4=O)c3)ccc21.